The van der Waals surface area contributed by atoms with Crippen molar-refractivity contribution in [1.29, 1.82) is 5.26 Å². The van der Waals surface area contributed by atoms with Crippen molar-refractivity contribution in [3.63, 3.8) is 0 Å². The number of sulfonamides is 1. The van der Waals surface area contributed by atoms with Crippen molar-refractivity contribution in [2.75, 3.05) is 4.72 Å². The molecule has 0 bridgehead atoms. The fourth-order valence-corrected chi connectivity index (χ4v) is 1.93. The second-order valence-electron chi connectivity index (χ2n) is 2.51. The van der Waals surface area contributed by atoms with Crippen LogP contribution in [0.3, 0.4) is 0 Å². The molecule has 0 aromatic carbocycles. The van der Waals surface area contributed by atoms with Gasteiger partial charge in [-0.25, -0.2) is 13.5 Å². The molecule has 0 radical (unpaired) electrons. The van der Waals surface area contributed by atoms with E-state index in [1.165, 1.54) is 6.33 Å². The number of aromatic nitrogens is 3. The van der Waals surface area contributed by atoms with E-state index in [0.29, 0.717) is 0 Å². The molecule has 2 N–H and O–H groups in total. The second-order valence-corrected chi connectivity index (χ2v) is 4.37. The molecule has 0 spiro atoms. The van der Waals surface area contributed by atoms with Gasteiger partial charge in [0.25, 0.3) is 10.0 Å². The summed E-state index contributed by atoms with van der Waals surface area (Å²) in [6.45, 7) is 1.62. The average molecular weight is 215 g/mol. The minimum atomic E-state index is -3.69. The van der Waals surface area contributed by atoms with E-state index >= 15 is 0 Å². The molecule has 0 amide bonds. The lowest BCUT2D eigenvalue weighted by Gasteiger charge is -2.07. The maximum absolute atomic E-state index is 11.4. The molecular weight excluding hydrogens is 206 g/mol. The van der Waals surface area contributed by atoms with Gasteiger partial charge in [0.2, 0.25) is 5.95 Å². The molecule has 1 unspecified atom stereocenters. The third-order valence-corrected chi connectivity index (χ3v) is 3.21. The van der Waals surface area contributed by atoms with Crippen molar-refractivity contribution in [2.45, 2.75) is 18.6 Å². The molecule has 0 aliphatic rings. The Morgan fingerprint density at radius 2 is 2.50 bits per heavy atom. The van der Waals surface area contributed by atoms with Crippen LogP contribution in [0.2, 0.25) is 0 Å². The van der Waals surface area contributed by atoms with Crippen LogP contribution in [0.4, 0.5) is 5.95 Å². The fraction of sp³-hybridized carbons (Fsp3) is 0.500. The van der Waals surface area contributed by atoms with Gasteiger partial charge < -0.3 is 0 Å². The minimum absolute atomic E-state index is 0.0127. The van der Waals surface area contributed by atoms with E-state index in [9.17, 15) is 8.42 Å². The average Bonchev–Trinajstić information content (AvgIpc) is 2.57. The normalized spacial score (nSPS) is 13.1. The molecule has 76 valence electrons. The zero-order chi connectivity index (χ0) is 10.6. The molecule has 0 aliphatic carbocycles. The molecule has 1 atom stereocenters. The molecule has 1 aromatic heterocycles. The van der Waals surface area contributed by atoms with Crippen LogP contribution in [0.5, 0.6) is 0 Å². The van der Waals surface area contributed by atoms with Crippen molar-refractivity contribution in [2.24, 2.45) is 0 Å². The van der Waals surface area contributed by atoms with Gasteiger partial charge in [0.15, 0.2) is 5.25 Å². The Morgan fingerprint density at radius 1 is 1.79 bits per heavy atom. The third-order valence-electron chi connectivity index (χ3n) is 1.54. The summed E-state index contributed by atoms with van der Waals surface area (Å²) >= 11 is 0. The van der Waals surface area contributed by atoms with Crippen LogP contribution in [0, 0.1) is 11.3 Å². The summed E-state index contributed by atoms with van der Waals surface area (Å²) in [4.78, 5) is 3.59. The first kappa shape index (κ1) is 10.5. The van der Waals surface area contributed by atoms with Crippen molar-refractivity contribution in [3.05, 3.63) is 6.33 Å². The summed E-state index contributed by atoms with van der Waals surface area (Å²) in [5, 5.41) is 13.3. The SMILES string of the molecule is CCC(C#N)S(=O)(=O)Nc1ncn[nH]1. The number of H-pyrrole nitrogens is 1. The Kier molecular flexibility index (Phi) is 3.03. The van der Waals surface area contributed by atoms with E-state index in [-0.39, 0.29) is 12.4 Å². The Morgan fingerprint density at radius 3 is 2.93 bits per heavy atom. The number of aromatic amines is 1. The number of nitriles is 1. The summed E-state index contributed by atoms with van der Waals surface area (Å²) < 4.78 is 25.0. The zero-order valence-corrected chi connectivity index (χ0v) is 8.24. The van der Waals surface area contributed by atoms with Gasteiger partial charge in [0, 0.05) is 0 Å². The van der Waals surface area contributed by atoms with Gasteiger partial charge in [-0.15, -0.1) is 0 Å². The highest BCUT2D eigenvalue weighted by Gasteiger charge is 2.23. The molecule has 0 saturated carbocycles. The maximum atomic E-state index is 11.4. The third kappa shape index (κ3) is 2.20. The van der Waals surface area contributed by atoms with Crippen molar-refractivity contribution < 1.29 is 8.42 Å². The van der Waals surface area contributed by atoms with E-state index in [2.05, 4.69) is 19.9 Å². The monoisotopic (exact) mass is 215 g/mol. The molecular formula is C6H9N5O2S. The van der Waals surface area contributed by atoms with E-state index in [0.717, 1.165) is 0 Å². The Bertz CT molecular complexity index is 418. The minimum Gasteiger partial charge on any atom is -0.250 e. The van der Waals surface area contributed by atoms with Crippen LogP contribution in [0.25, 0.3) is 0 Å². The fourth-order valence-electron chi connectivity index (χ4n) is 0.841. The lowest BCUT2D eigenvalue weighted by molar-refractivity contribution is 0.592. The van der Waals surface area contributed by atoms with Gasteiger partial charge in [0.05, 0.1) is 6.07 Å². The standard InChI is InChI=1S/C6H9N5O2S/c1-2-5(3-7)14(12,13)11-6-8-4-9-10-6/h4-5H,2H2,1H3,(H2,8,9,10,11). The van der Waals surface area contributed by atoms with Crippen LogP contribution in [-0.2, 0) is 10.0 Å². The number of anilines is 1. The zero-order valence-electron chi connectivity index (χ0n) is 7.43. The molecule has 0 fully saturated rings. The van der Waals surface area contributed by atoms with E-state index in [1.807, 2.05) is 0 Å². The number of hydrogen-bond donors (Lipinski definition) is 2. The van der Waals surface area contributed by atoms with Crippen LogP contribution in [0.1, 0.15) is 13.3 Å². The first-order valence-electron chi connectivity index (χ1n) is 3.86. The molecule has 0 aliphatic heterocycles. The molecule has 0 saturated heterocycles. The predicted molar refractivity (Wildman–Crippen MR) is 48.6 cm³/mol. The Balaban J connectivity index is 2.83. The van der Waals surface area contributed by atoms with Crippen molar-refractivity contribution in [3.8, 4) is 6.07 Å². The summed E-state index contributed by atoms with van der Waals surface area (Å²) in [7, 11) is -3.69. The number of rotatable bonds is 4. The highest BCUT2D eigenvalue weighted by Crippen LogP contribution is 2.07. The van der Waals surface area contributed by atoms with E-state index < -0.39 is 15.3 Å². The first-order valence-corrected chi connectivity index (χ1v) is 5.41. The van der Waals surface area contributed by atoms with Crippen molar-refractivity contribution in [1.82, 2.24) is 15.2 Å². The van der Waals surface area contributed by atoms with Gasteiger partial charge in [-0.1, -0.05) is 6.92 Å². The van der Waals surface area contributed by atoms with Crippen molar-refractivity contribution >= 4 is 16.0 Å². The lowest BCUT2D eigenvalue weighted by Crippen LogP contribution is -2.26. The number of nitrogens with one attached hydrogen (secondary N) is 2. The van der Waals surface area contributed by atoms with Gasteiger partial charge >= 0.3 is 0 Å². The van der Waals surface area contributed by atoms with Gasteiger partial charge in [-0.05, 0) is 6.42 Å². The Labute approximate surface area is 81.2 Å². The molecule has 14 heavy (non-hydrogen) atoms. The smallest absolute Gasteiger partial charge is 0.250 e. The molecule has 1 heterocycles. The van der Waals surface area contributed by atoms with Crippen LogP contribution < -0.4 is 4.72 Å². The van der Waals surface area contributed by atoms with Crippen LogP contribution in [0.15, 0.2) is 6.33 Å². The maximum Gasteiger partial charge on any atom is 0.251 e. The van der Waals surface area contributed by atoms with E-state index in [4.69, 9.17) is 5.26 Å². The van der Waals surface area contributed by atoms with Gasteiger partial charge in [-0.2, -0.15) is 15.3 Å². The Hall–Kier alpha value is -1.62. The summed E-state index contributed by atoms with van der Waals surface area (Å²) in [6.07, 6.45) is 1.39. The largest absolute Gasteiger partial charge is 0.251 e. The molecule has 8 heteroatoms. The second kappa shape index (κ2) is 4.06. The molecule has 1 rings (SSSR count). The van der Waals surface area contributed by atoms with Gasteiger partial charge in [0.1, 0.15) is 6.33 Å². The highest BCUT2D eigenvalue weighted by atomic mass is 32.2. The van der Waals surface area contributed by atoms with Gasteiger partial charge in [-0.3, -0.25) is 4.72 Å². The molecule has 1 aromatic rings. The highest BCUT2D eigenvalue weighted by molar-refractivity contribution is 7.93. The number of hydrogen-bond acceptors (Lipinski definition) is 5. The first-order chi connectivity index (χ1) is 6.60. The predicted octanol–water partition coefficient (Wildman–Crippen LogP) is -0.151. The van der Waals surface area contributed by atoms with Crippen LogP contribution in [-0.4, -0.2) is 28.8 Å². The number of nitrogens with zero attached hydrogens (tertiary/aromatic N) is 3. The summed E-state index contributed by atoms with van der Waals surface area (Å²) in [5.41, 5.74) is 0. The quantitative estimate of drug-likeness (QED) is 0.725. The van der Waals surface area contributed by atoms with Crippen LogP contribution >= 0.6 is 0 Å². The summed E-state index contributed by atoms with van der Waals surface area (Å²) in [6, 6.07) is 1.69. The topological polar surface area (TPSA) is 112 Å². The lowest BCUT2D eigenvalue weighted by atomic mass is 10.4. The summed E-state index contributed by atoms with van der Waals surface area (Å²) in [5.74, 6) is 0.0127. The molecule has 7 nitrogen and oxygen atoms in total. The van der Waals surface area contributed by atoms with E-state index in [1.54, 1.807) is 13.0 Å².